The topological polar surface area (TPSA) is 49.4 Å². The third-order valence-electron chi connectivity index (χ3n) is 4.22. The van der Waals surface area contributed by atoms with E-state index in [1.807, 2.05) is 0 Å². The number of halogens is 2. The fourth-order valence-corrected chi connectivity index (χ4v) is 2.91. The van der Waals surface area contributed by atoms with Crippen molar-refractivity contribution in [3.63, 3.8) is 0 Å². The van der Waals surface area contributed by atoms with E-state index in [0.29, 0.717) is 24.7 Å². The number of nitrogens with one attached hydrogen (secondary N) is 1. The molecular weight excluding hydrogens is 319 g/mol. The molecule has 1 aromatic rings. The lowest BCUT2D eigenvalue weighted by atomic mass is 9.88. The van der Waals surface area contributed by atoms with Crippen LogP contribution in [0.25, 0.3) is 0 Å². The van der Waals surface area contributed by atoms with Crippen molar-refractivity contribution in [3.8, 4) is 0 Å². The number of piperidine rings is 1. The second-order valence-electron chi connectivity index (χ2n) is 6.71. The second-order valence-corrected chi connectivity index (χ2v) is 7.11. The van der Waals surface area contributed by atoms with E-state index in [2.05, 4.69) is 12.2 Å². The predicted molar refractivity (Wildman–Crippen MR) is 88.8 cm³/mol. The van der Waals surface area contributed by atoms with Crippen LogP contribution in [-0.2, 0) is 9.59 Å². The Kier molecular flexibility index (Phi) is 5.30. The Morgan fingerprint density at radius 2 is 2.09 bits per heavy atom. The first kappa shape index (κ1) is 17.7. The Balaban J connectivity index is 2.09. The number of hydrogen-bond donors (Lipinski definition) is 1. The molecule has 1 aromatic carbocycles. The molecule has 0 bridgehead atoms. The monoisotopic (exact) mass is 340 g/mol. The van der Waals surface area contributed by atoms with Crippen LogP contribution in [0.15, 0.2) is 18.2 Å². The van der Waals surface area contributed by atoms with Crippen molar-refractivity contribution in [2.75, 3.05) is 18.4 Å². The van der Waals surface area contributed by atoms with Gasteiger partial charge >= 0.3 is 0 Å². The zero-order chi connectivity index (χ0) is 17.2. The minimum atomic E-state index is -1.20. The maximum absolute atomic E-state index is 13.2. The molecule has 1 aliphatic rings. The Labute approximate surface area is 141 Å². The van der Waals surface area contributed by atoms with E-state index in [1.165, 1.54) is 18.2 Å². The van der Waals surface area contributed by atoms with E-state index < -0.39 is 17.1 Å². The summed E-state index contributed by atoms with van der Waals surface area (Å²) in [7, 11) is 0. The number of amides is 2. The van der Waals surface area contributed by atoms with Gasteiger partial charge in [-0.15, -0.1) is 0 Å². The molecule has 6 heteroatoms. The molecule has 1 aliphatic heterocycles. The van der Waals surface area contributed by atoms with Crippen molar-refractivity contribution in [1.82, 2.24) is 4.90 Å². The van der Waals surface area contributed by atoms with Crippen LogP contribution < -0.4 is 5.32 Å². The molecule has 1 fully saturated rings. The fraction of sp³-hybridized carbons (Fsp3) is 0.529. The predicted octanol–water partition coefficient (Wildman–Crippen LogP) is 3.70. The first-order chi connectivity index (χ1) is 10.7. The van der Waals surface area contributed by atoms with Crippen molar-refractivity contribution in [2.45, 2.75) is 33.6 Å². The zero-order valence-corrected chi connectivity index (χ0v) is 14.4. The van der Waals surface area contributed by atoms with Gasteiger partial charge in [0.25, 0.3) is 0 Å². The molecule has 0 saturated carbocycles. The van der Waals surface area contributed by atoms with E-state index in [1.54, 1.807) is 18.7 Å². The minimum Gasteiger partial charge on any atom is -0.342 e. The fourth-order valence-electron chi connectivity index (χ4n) is 2.73. The van der Waals surface area contributed by atoms with Gasteiger partial charge in [-0.2, -0.15) is 0 Å². The molecule has 1 heterocycles. The van der Waals surface area contributed by atoms with E-state index in [-0.39, 0.29) is 10.9 Å². The van der Waals surface area contributed by atoms with E-state index in [4.69, 9.17) is 11.6 Å². The van der Waals surface area contributed by atoms with Gasteiger partial charge in [-0.1, -0.05) is 18.5 Å². The molecule has 126 valence electrons. The lowest BCUT2D eigenvalue weighted by molar-refractivity contribution is -0.147. The highest BCUT2D eigenvalue weighted by molar-refractivity contribution is 6.31. The standard InChI is InChI=1S/C17H22ClFN2O2/c1-11-5-4-8-21(10-11)16(23)17(2,3)15(22)20-12-6-7-14(19)13(18)9-12/h6-7,9,11H,4-5,8,10H2,1-3H3,(H,20,22). The largest absolute Gasteiger partial charge is 0.342 e. The summed E-state index contributed by atoms with van der Waals surface area (Å²) < 4.78 is 13.2. The molecule has 1 atom stereocenters. The van der Waals surface area contributed by atoms with E-state index in [9.17, 15) is 14.0 Å². The minimum absolute atomic E-state index is 0.0724. The van der Waals surface area contributed by atoms with Gasteiger partial charge in [0.1, 0.15) is 11.2 Å². The first-order valence-electron chi connectivity index (χ1n) is 7.77. The van der Waals surface area contributed by atoms with Gasteiger partial charge in [0.2, 0.25) is 11.8 Å². The summed E-state index contributed by atoms with van der Waals surface area (Å²) in [6.07, 6.45) is 2.06. The summed E-state index contributed by atoms with van der Waals surface area (Å²) in [5.41, 5.74) is -0.827. The number of benzene rings is 1. The van der Waals surface area contributed by atoms with Crippen LogP contribution in [0, 0.1) is 17.2 Å². The number of hydrogen-bond acceptors (Lipinski definition) is 2. The Morgan fingerprint density at radius 1 is 1.39 bits per heavy atom. The van der Waals surface area contributed by atoms with E-state index >= 15 is 0 Å². The number of carbonyl (C=O) groups is 2. The Morgan fingerprint density at radius 3 is 2.70 bits per heavy atom. The maximum atomic E-state index is 13.2. The van der Waals surface area contributed by atoms with Crippen molar-refractivity contribution in [1.29, 1.82) is 0 Å². The number of carbonyl (C=O) groups excluding carboxylic acids is 2. The highest BCUT2D eigenvalue weighted by Gasteiger charge is 2.40. The van der Waals surface area contributed by atoms with Crippen LogP contribution in [0.1, 0.15) is 33.6 Å². The highest BCUT2D eigenvalue weighted by atomic mass is 35.5. The lowest BCUT2D eigenvalue weighted by Gasteiger charge is -2.36. The summed E-state index contributed by atoms with van der Waals surface area (Å²) in [4.78, 5) is 27.0. The van der Waals surface area contributed by atoms with Crippen molar-refractivity contribution >= 4 is 29.1 Å². The van der Waals surface area contributed by atoms with Gasteiger partial charge in [0.15, 0.2) is 0 Å². The first-order valence-corrected chi connectivity index (χ1v) is 8.15. The smallest absolute Gasteiger partial charge is 0.239 e. The Hall–Kier alpha value is -1.62. The highest BCUT2D eigenvalue weighted by Crippen LogP contribution is 2.26. The van der Waals surface area contributed by atoms with Gasteiger partial charge in [0, 0.05) is 18.8 Å². The molecule has 0 aromatic heterocycles. The average molecular weight is 341 g/mol. The summed E-state index contributed by atoms with van der Waals surface area (Å²) in [5.74, 6) is -0.720. The van der Waals surface area contributed by atoms with Crippen LogP contribution in [0.3, 0.4) is 0 Å². The third-order valence-corrected chi connectivity index (χ3v) is 4.51. The lowest BCUT2D eigenvalue weighted by Crippen LogP contribution is -2.50. The van der Waals surface area contributed by atoms with E-state index in [0.717, 1.165) is 12.8 Å². The summed E-state index contributed by atoms with van der Waals surface area (Å²) in [5, 5.41) is 2.57. The van der Waals surface area contributed by atoms with Gasteiger partial charge in [0.05, 0.1) is 5.02 Å². The number of likely N-dealkylation sites (tertiary alicyclic amines) is 1. The molecular formula is C17H22ClFN2O2. The molecule has 1 unspecified atom stereocenters. The van der Waals surface area contributed by atoms with Gasteiger partial charge in [-0.3, -0.25) is 9.59 Å². The number of rotatable bonds is 3. The van der Waals surface area contributed by atoms with Crippen LogP contribution in [0.5, 0.6) is 0 Å². The van der Waals surface area contributed by atoms with Crippen LogP contribution >= 0.6 is 11.6 Å². The van der Waals surface area contributed by atoms with Crippen LogP contribution in [0.2, 0.25) is 5.02 Å². The van der Waals surface area contributed by atoms with Crippen LogP contribution in [0.4, 0.5) is 10.1 Å². The molecule has 23 heavy (non-hydrogen) atoms. The molecule has 1 saturated heterocycles. The molecule has 0 radical (unpaired) electrons. The number of anilines is 1. The molecule has 0 aliphatic carbocycles. The summed E-state index contributed by atoms with van der Waals surface area (Å²) >= 11 is 5.71. The maximum Gasteiger partial charge on any atom is 0.239 e. The summed E-state index contributed by atoms with van der Waals surface area (Å²) in [6.45, 7) is 6.68. The van der Waals surface area contributed by atoms with Crippen LogP contribution in [-0.4, -0.2) is 29.8 Å². The normalized spacial score (nSPS) is 18.7. The van der Waals surface area contributed by atoms with Crippen molar-refractivity contribution in [2.24, 2.45) is 11.3 Å². The SMILES string of the molecule is CC1CCCN(C(=O)C(C)(C)C(=O)Nc2ccc(F)c(Cl)c2)C1. The average Bonchev–Trinajstić information content (AvgIpc) is 2.50. The van der Waals surface area contributed by atoms with Gasteiger partial charge < -0.3 is 10.2 Å². The zero-order valence-electron chi connectivity index (χ0n) is 13.7. The Bertz CT molecular complexity index is 619. The van der Waals surface area contributed by atoms with Gasteiger partial charge in [-0.25, -0.2) is 4.39 Å². The van der Waals surface area contributed by atoms with Crippen molar-refractivity contribution < 1.29 is 14.0 Å². The molecule has 4 nitrogen and oxygen atoms in total. The quantitative estimate of drug-likeness (QED) is 0.853. The second kappa shape index (κ2) is 6.87. The molecule has 1 N–H and O–H groups in total. The van der Waals surface area contributed by atoms with Gasteiger partial charge in [-0.05, 0) is 50.8 Å². The third kappa shape index (κ3) is 4.02. The molecule has 0 spiro atoms. The van der Waals surface area contributed by atoms with Crippen molar-refractivity contribution in [3.05, 3.63) is 29.0 Å². The molecule has 2 rings (SSSR count). The molecule has 2 amide bonds. The summed E-state index contributed by atoms with van der Waals surface area (Å²) in [6, 6.07) is 3.93. The number of nitrogens with zero attached hydrogens (tertiary/aromatic N) is 1.